The van der Waals surface area contributed by atoms with Gasteiger partial charge in [0.05, 0.1) is 7.11 Å². The predicted octanol–water partition coefficient (Wildman–Crippen LogP) is 3.08. The van der Waals surface area contributed by atoms with Gasteiger partial charge in [-0.05, 0) is 43.7 Å². The third-order valence-corrected chi connectivity index (χ3v) is 4.55. The van der Waals surface area contributed by atoms with Crippen LogP contribution in [-0.2, 0) is 4.79 Å². The second-order valence-electron chi connectivity index (χ2n) is 6.18. The number of nitrogens with one attached hydrogen (secondary N) is 1. The Balaban J connectivity index is 1.76. The molecule has 0 aliphatic carbocycles. The van der Waals surface area contributed by atoms with Gasteiger partial charge in [0.1, 0.15) is 17.1 Å². The maximum atomic E-state index is 13.4. The van der Waals surface area contributed by atoms with Crippen molar-refractivity contribution in [2.75, 3.05) is 19.0 Å². The number of ether oxygens (including phenoxy) is 1. The summed E-state index contributed by atoms with van der Waals surface area (Å²) >= 11 is 0. The van der Waals surface area contributed by atoms with Crippen LogP contribution in [0.15, 0.2) is 48.5 Å². The molecule has 1 saturated heterocycles. The van der Waals surface area contributed by atoms with Gasteiger partial charge in [-0.15, -0.1) is 0 Å². The summed E-state index contributed by atoms with van der Waals surface area (Å²) in [4.78, 5) is 26.8. The number of amides is 2. The Hall–Kier alpha value is -2.89. The highest BCUT2D eigenvalue weighted by Crippen LogP contribution is 2.33. The molecule has 0 spiro atoms. The Morgan fingerprint density at radius 3 is 2.60 bits per heavy atom. The number of carbonyl (C=O) groups excluding carboxylic acids is 2. The van der Waals surface area contributed by atoms with Gasteiger partial charge in [-0.3, -0.25) is 9.59 Å². The molecule has 1 aliphatic rings. The number of nitrogens with zero attached hydrogens (tertiary/aromatic N) is 1. The summed E-state index contributed by atoms with van der Waals surface area (Å²) in [5.74, 6) is -0.482. The summed E-state index contributed by atoms with van der Waals surface area (Å²) in [6, 6.07) is 12.5. The number of hydrogen-bond donors (Lipinski definition) is 1. The lowest BCUT2D eigenvalue weighted by atomic mass is 9.84. The number of likely N-dealkylation sites (tertiary alicyclic amines) is 1. The molecule has 1 fully saturated rings. The molecular weight excluding hydrogens is 323 g/mol. The fraction of sp³-hybridized carbons (Fsp3) is 0.263. The van der Waals surface area contributed by atoms with E-state index in [0.29, 0.717) is 24.4 Å². The molecule has 25 heavy (non-hydrogen) atoms. The van der Waals surface area contributed by atoms with E-state index >= 15 is 0 Å². The molecule has 0 saturated carbocycles. The molecule has 2 aromatic rings. The molecule has 1 heterocycles. The van der Waals surface area contributed by atoms with E-state index in [1.54, 1.807) is 44.4 Å². The predicted molar refractivity (Wildman–Crippen MR) is 92.1 cm³/mol. The fourth-order valence-corrected chi connectivity index (χ4v) is 2.86. The minimum absolute atomic E-state index is 0.236. The van der Waals surface area contributed by atoms with E-state index in [1.807, 2.05) is 0 Å². The highest BCUT2D eigenvalue weighted by molar-refractivity contribution is 6.04. The summed E-state index contributed by atoms with van der Waals surface area (Å²) in [6.07, 6.45) is 0.545. The third-order valence-electron chi connectivity index (χ3n) is 4.55. The van der Waals surface area contributed by atoms with E-state index in [9.17, 15) is 14.0 Å². The Morgan fingerprint density at radius 2 is 1.96 bits per heavy atom. The van der Waals surface area contributed by atoms with Crippen LogP contribution in [0, 0.1) is 5.82 Å². The van der Waals surface area contributed by atoms with Gasteiger partial charge in [0.15, 0.2) is 0 Å². The van der Waals surface area contributed by atoms with Crippen molar-refractivity contribution in [3.63, 3.8) is 0 Å². The van der Waals surface area contributed by atoms with Crippen molar-refractivity contribution in [1.29, 1.82) is 0 Å². The zero-order valence-corrected chi connectivity index (χ0v) is 14.1. The van der Waals surface area contributed by atoms with Crippen LogP contribution in [0.2, 0.25) is 0 Å². The molecule has 0 radical (unpaired) electrons. The maximum absolute atomic E-state index is 13.4. The molecular formula is C19H19FN2O3. The van der Waals surface area contributed by atoms with Gasteiger partial charge < -0.3 is 15.0 Å². The van der Waals surface area contributed by atoms with Crippen molar-refractivity contribution in [3.05, 3.63) is 59.9 Å². The van der Waals surface area contributed by atoms with Crippen molar-refractivity contribution in [2.24, 2.45) is 0 Å². The number of benzene rings is 2. The number of methoxy groups -OCH3 is 1. The van der Waals surface area contributed by atoms with Crippen LogP contribution in [0.5, 0.6) is 5.75 Å². The van der Waals surface area contributed by atoms with Gasteiger partial charge in [-0.2, -0.15) is 0 Å². The molecule has 0 bridgehead atoms. The van der Waals surface area contributed by atoms with Crippen LogP contribution in [-0.4, -0.2) is 35.9 Å². The number of halogens is 1. The van der Waals surface area contributed by atoms with E-state index in [0.717, 1.165) is 0 Å². The lowest BCUT2D eigenvalue weighted by Crippen LogP contribution is -2.66. The molecule has 1 atom stereocenters. The van der Waals surface area contributed by atoms with Gasteiger partial charge in [0.2, 0.25) is 5.91 Å². The second kappa shape index (κ2) is 6.55. The topological polar surface area (TPSA) is 58.6 Å². The maximum Gasteiger partial charge on any atom is 0.254 e. The summed E-state index contributed by atoms with van der Waals surface area (Å²) in [7, 11) is 1.55. The molecule has 1 unspecified atom stereocenters. The average molecular weight is 342 g/mol. The summed E-state index contributed by atoms with van der Waals surface area (Å²) in [5.41, 5.74) is -0.136. The number of anilines is 1. The molecule has 0 aromatic heterocycles. The normalized spacial score (nSPS) is 19.1. The van der Waals surface area contributed by atoms with Crippen LogP contribution >= 0.6 is 0 Å². The van der Waals surface area contributed by atoms with Crippen LogP contribution in [0.3, 0.4) is 0 Å². The summed E-state index contributed by atoms with van der Waals surface area (Å²) in [6.45, 7) is 2.17. The Morgan fingerprint density at radius 1 is 1.20 bits per heavy atom. The van der Waals surface area contributed by atoms with Crippen LogP contribution in [0.4, 0.5) is 10.1 Å². The Kier molecular flexibility index (Phi) is 4.44. The molecule has 130 valence electrons. The molecule has 3 rings (SSSR count). The van der Waals surface area contributed by atoms with Crippen molar-refractivity contribution in [3.8, 4) is 5.75 Å². The third kappa shape index (κ3) is 3.20. The Labute approximate surface area is 145 Å². The zero-order chi connectivity index (χ0) is 18.0. The van der Waals surface area contributed by atoms with Crippen LogP contribution in [0.1, 0.15) is 23.7 Å². The monoisotopic (exact) mass is 342 g/mol. The van der Waals surface area contributed by atoms with E-state index in [4.69, 9.17) is 4.74 Å². The van der Waals surface area contributed by atoms with Gasteiger partial charge in [0.25, 0.3) is 5.91 Å². The van der Waals surface area contributed by atoms with Crippen LogP contribution < -0.4 is 10.1 Å². The number of hydrogen-bond acceptors (Lipinski definition) is 3. The molecule has 2 amide bonds. The minimum Gasteiger partial charge on any atom is -0.497 e. The SMILES string of the molecule is COc1cccc(NC(=O)C2(C)CCN2C(=O)c2cccc(F)c2)c1. The molecule has 1 aliphatic heterocycles. The van der Waals surface area contributed by atoms with Crippen molar-refractivity contribution >= 4 is 17.5 Å². The second-order valence-corrected chi connectivity index (χ2v) is 6.18. The van der Waals surface area contributed by atoms with Gasteiger partial charge >= 0.3 is 0 Å². The molecule has 5 nitrogen and oxygen atoms in total. The van der Waals surface area contributed by atoms with E-state index in [1.165, 1.54) is 23.1 Å². The Bertz CT molecular complexity index is 824. The van der Waals surface area contributed by atoms with Crippen molar-refractivity contribution in [2.45, 2.75) is 18.9 Å². The first-order chi connectivity index (χ1) is 11.9. The first-order valence-electron chi connectivity index (χ1n) is 7.97. The molecule has 6 heteroatoms. The molecule has 1 N–H and O–H groups in total. The average Bonchev–Trinajstić information content (AvgIpc) is 2.60. The highest BCUT2D eigenvalue weighted by atomic mass is 19.1. The first-order valence-corrected chi connectivity index (χ1v) is 7.97. The standard InChI is InChI=1S/C19H19FN2O3/c1-19(18(24)21-15-7-4-8-16(12-15)25-2)9-10-22(19)17(23)13-5-3-6-14(20)11-13/h3-8,11-12H,9-10H2,1-2H3,(H,21,24). The lowest BCUT2D eigenvalue weighted by molar-refractivity contribution is -0.132. The molecule has 2 aromatic carbocycles. The number of rotatable bonds is 4. The van der Waals surface area contributed by atoms with Gasteiger partial charge in [-0.1, -0.05) is 12.1 Å². The quantitative estimate of drug-likeness (QED) is 0.929. The van der Waals surface area contributed by atoms with Gasteiger partial charge in [-0.25, -0.2) is 4.39 Å². The van der Waals surface area contributed by atoms with E-state index in [-0.39, 0.29) is 17.4 Å². The van der Waals surface area contributed by atoms with Crippen LogP contribution in [0.25, 0.3) is 0 Å². The number of carbonyl (C=O) groups is 2. The fourth-order valence-electron chi connectivity index (χ4n) is 2.86. The van der Waals surface area contributed by atoms with Crippen molar-refractivity contribution in [1.82, 2.24) is 4.90 Å². The summed E-state index contributed by atoms with van der Waals surface area (Å²) in [5, 5.41) is 2.82. The van der Waals surface area contributed by atoms with E-state index < -0.39 is 11.4 Å². The lowest BCUT2D eigenvalue weighted by Gasteiger charge is -2.49. The van der Waals surface area contributed by atoms with E-state index in [2.05, 4.69) is 5.32 Å². The largest absolute Gasteiger partial charge is 0.497 e. The smallest absolute Gasteiger partial charge is 0.254 e. The highest BCUT2D eigenvalue weighted by Gasteiger charge is 2.49. The first kappa shape index (κ1) is 17.0. The minimum atomic E-state index is -0.966. The van der Waals surface area contributed by atoms with Gasteiger partial charge in [0, 0.05) is 23.9 Å². The van der Waals surface area contributed by atoms with Crippen molar-refractivity contribution < 1.29 is 18.7 Å². The zero-order valence-electron chi connectivity index (χ0n) is 14.1. The summed E-state index contributed by atoms with van der Waals surface area (Å²) < 4.78 is 18.5.